The highest BCUT2D eigenvalue weighted by Gasteiger charge is 2.05. The number of aromatic nitrogens is 2. The van der Waals surface area contributed by atoms with Crippen LogP contribution in [0.4, 0.5) is 5.82 Å². The van der Waals surface area contributed by atoms with Crippen molar-refractivity contribution in [2.75, 3.05) is 12.3 Å². The van der Waals surface area contributed by atoms with E-state index in [9.17, 15) is 0 Å². The third-order valence-corrected chi connectivity index (χ3v) is 3.37. The van der Waals surface area contributed by atoms with Crippen molar-refractivity contribution in [1.82, 2.24) is 9.97 Å². The predicted octanol–water partition coefficient (Wildman–Crippen LogP) is 3.40. The molecule has 2 rings (SSSR count). The van der Waals surface area contributed by atoms with Crippen LogP contribution in [0.15, 0.2) is 40.3 Å². The molecule has 0 saturated heterocycles. The van der Waals surface area contributed by atoms with Crippen molar-refractivity contribution in [3.8, 4) is 0 Å². The van der Waals surface area contributed by atoms with Crippen molar-refractivity contribution in [3.63, 3.8) is 0 Å². The summed E-state index contributed by atoms with van der Waals surface area (Å²) in [6, 6.07) is 9.32. The Bertz CT molecular complexity index is 565. The fraction of sp³-hybridized carbons (Fsp3) is 0.231. The van der Waals surface area contributed by atoms with Crippen molar-refractivity contribution < 1.29 is 4.74 Å². The Morgan fingerprint density at radius 2 is 2.16 bits per heavy atom. The van der Waals surface area contributed by atoms with Gasteiger partial charge in [0.15, 0.2) is 5.82 Å². The molecular weight excluding hydrogens is 282 g/mol. The first kappa shape index (κ1) is 14.1. The minimum atomic E-state index is 0.366. The number of nitrogen functional groups attached to an aromatic ring is 1. The maximum atomic E-state index is 5.95. The Morgan fingerprint density at radius 3 is 2.89 bits per heavy atom. The van der Waals surface area contributed by atoms with Gasteiger partial charge in [-0.25, -0.2) is 9.97 Å². The Hall–Kier alpha value is -1.30. The summed E-state index contributed by atoms with van der Waals surface area (Å²) in [6.45, 7) is 2.91. The molecule has 4 nitrogen and oxygen atoms in total. The number of rotatable bonds is 5. The normalized spacial score (nSPS) is 10.6. The largest absolute Gasteiger partial charge is 0.384 e. The van der Waals surface area contributed by atoms with Crippen LogP contribution in [0, 0.1) is 0 Å². The Kier molecular flexibility index (Phi) is 5.01. The average molecular weight is 296 g/mol. The lowest BCUT2D eigenvalue weighted by Crippen LogP contribution is -2.03. The monoisotopic (exact) mass is 295 g/mol. The third-order valence-electron chi connectivity index (χ3n) is 2.22. The summed E-state index contributed by atoms with van der Waals surface area (Å²) in [5.41, 5.74) is 5.77. The average Bonchev–Trinajstić information content (AvgIpc) is 2.35. The molecular formula is C13H14ClN3OS. The first-order valence-electron chi connectivity index (χ1n) is 5.82. The van der Waals surface area contributed by atoms with Gasteiger partial charge < -0.3 is 10.5 Å². The standard InChI is InChI=1S/C13H14ClN3OS/c1-2-18-8-12-16-11(15)7-13(17-12)19-10-5-3-4-9(14)6-10/h3-7H,2,8H2,1H3,(H2,15,16,17). The molecule has 0 spiro atoms. The fourth-order valence-electron chi connectivity index (χ4n) is 1.45. The van der Waals surface area contributed by atoms with Crippen LogP contribution in [0.2, 0.25) is 5.02 Å². The van der Waals surface area contributed by atoms with Crippen LogP contribution in [0.25, 0.3) is 0 Å². The van der Waals surface area contributed by atoms with Crippen molar-refractivity contribution in [1.29, 1.82) is 0 Å². The molecule has 1 heterocycles. The number of ether oxygens (including phenoxy) is 1. The maximum Gasteiger partial charge on any atom is 0.157 e. The van der Waals surface area contributed by atoms with Crippen LogP contribution in [0.3, 0.4) is 0 Å². The molecule has 0 atom stereocenters. The lowest BCUT2D eigenvalue weighted by atomic mass is 10.4. The SMILES string of the molecule is CCOCc1nc(N)cc(Sc2cccc(Cl)c2)n1. The second-order valence-corrected chi connectivity index (χ2v) is 5.27. The van der Waals surface area contributed by atoms with Gasteiger partial charge in [-0.05, 0) is 25.1 Å². The highest BCUT2D eigenvalue weighted by atomic mass is 35.5. The van der Waals surface area contributed by atoms with Crippen LogP contribution in [-0.2, 0) is 11.3 Å². The molecule has 2 N–H and O–H groups in total. The quantitative estimate of drug-likeness (QED) is 0.857. The van der Waals surface area contributed by atoms with Gasteiger partial charge in [-0.15, -0.1) is 0 Å². The minimum Gasteiger partial charge on any atom is -0.384 e. The summed E-state index contributed by atoms with van der Waals surface area (Å²) in [6.07, 6.45) is 0. The van der Waals surface area contributed by atoms with Gasteiger partial charge in [0.1, 0.15) is 17.5 Å². The molecule has 19 heavy (non-hydrogen) atoms. The smallest absolute Gasteiger partial charge is 0.157 e. The molecule has 2 aromatic rings. The molecule has 1 aromatic carbocycles. The number of halogens is 1. The van der Waals surface area contributed by atoms with Gasteiger partial charge in [0, 0.05) is 22.6 Å². The van der Waals surface area contributed by atoms with Crippen molar-refractivity contribution in [2.24, 2.45) is 0 Å². The lowest BCUT2D eigenvalue weighted by molar-refractivity contribution is 0.128. The van der Waals surface area contributed by atoms with Gasteiger partial charge in [0.05, 0.1) is 0 Å². The first-order valence-corrected chi connectivity index (χ1v) is 7.01. The molecule has 0 aliphatic rings. The molecule has 0 fully saturated rings. The molecule has 6 heteroatoms. The van der Waals surface area contributed by atoms with Gasteiger partial charge >= 0.3 is 0 Å². The maximum absolute atomic E-state index is 5.95. The lowest BCUT2D eigenvalue weighted by Gasteiger charge is -2.06. The van der Waals surface area contributed by atoms with Gasteiger partial charge in [-0.3, -0.25) is 0 Å². The van der Waals surface area contributed by atoms with Gasteiger partial charge in [-0.2, -0.15) is 0 Å². The number of benzene rings is 1. The first-order chi connectivity index (χ1) is 9.17. The highest BCUT2D eigenvalue weighted by molar-refractivity contribution is 7.99. The van der Waals surface area contributed by atoms with Gasteiger partial charge in [-0.1, -0.05) is 29.4 Å². The van der Waals surface area contributed by atoms with E-state index in [2.05, 4.69) is 9.97 Å². The van der Waals surface area contributed by atoms with Crippen LogP contribution < -0.4 is 5.73 Å². The van der Waals surface area contributed by atoms with Crippen molar-refractivity contribution in [2.45, 2.75) is 23.5 Å². The van der Waals surface area contributed by atoms with Crippen LogP contribution in [0.1, 0.15) is 12.7 Å². The van der Waals surface area contributed by atoms with E-state index in [1.807, 2.05) is 31.2 Å². The van der Waals surface area contributed by atoms with Crippen LogP contribution in [-0.4, -0.2) is 16.6 Å². The Labute approximate surface area is 121 Å². The topological polar surface area (TPSA) is 61.0 Å². The van der Waals surface area contributed by atoms with Crippen molar-refractivity contribution in [3.05, 3.63) is 41.2 Å². The van der Waals surface area contributed by atoms with E-state index in [1.54, 1.807) is 6.07 Å². The number of hydrogen-bond acceptors (Lipinski definition) is 5. The number of anilines is 1. The molecule has 0 amide bonds. The van der Waals surface area contributed by atoms with E-state index < -0.39 is 0 Å². The predicted molar refractivity (Wildman–Crippen MR) is 77.3 cm³/mol. The Morgan fingerprint density at radius 1 is 1.32 bits per heavy atom. The fourth-order valence-corrected chi connectivity index (χ4v) is 2.61. The van der Waals surface area contributed by atoms with Crippen LogP contribution in [0.5, 0.6) is 0 Å². The number of nitrogens with zero attached hydrogens (tertiary/aromatic N) is 2. The molecule has 0 bridgehead atoms. The van der Waals surface area contributed by atoms with E-state index in [0.29, 0.717) is 29.9 Å². The van der Waals surface area contributed by atoms with E-state index in [1.165, 1.54) is 11.8 Å². The molecule has 0 aliphatic heterocycles. The van der Waals surface area contributed by atoms with E-state index >= 15 is 0 Å². The second-order valence-electron chi connectivity index (χ2n) is 3.74. The molecule has 0 aliphatic carbocycles. The van der Waals surface area contributed by atoms with E-state index in [0.717, 1.165) is 9.92 Å². The summed E-state index contributed by atoms with van der Waals surface area (Å²) in [5.74, 6) is 1.03. The second kappa shape index (κ2) is 6.75. The summed E-state index contributed by atoms with van der Waals surface area (Å²) < 4.78 is 5.29. The summed E-state index contributed by atoms with van der Waals surface area (Å²) in [5, 5.41) is 1.48. The van der Waals surface area contributed by atoms with Gasteiger partial charge in [0.2, 0.25) is 0 Å². The molecule has 0 radical (unpaired) electrons. The van der Waals surface area contributed by atoms with E-state index in [4.69, 9.17) is 22.1 Å². The number of nitrogens with two attached hydrogens (primary N) is 1. The summed E-state index contributed by atoms with van der Waals surface area (Å²) >= 11 is 7.44. The highest BCUT2D eigenvalue weighted by Crippen LogP contribution is 2.28. The molecule has 0 unspecified atom stereocenters. The summed E-state index contributed by atoms with van der Waals surface area (Å²) in [4.78, 5) is 9.54. The zero-order valence-electron chi connectivity index (χ0n) is 10.5. The summed E-state index contributed by atoms with van der Waals surface area (Å²) in [7, 11) is 0. The molecule has 0 saturated carbocycles. The van der Waals surface area contributed by atoms with Gasteiger partial charge in [0.25, 0.3) is 0 Å². The Balaban J connectivity index is 2.17. The minimum absolute atomic E-state index is 0.366. The molecule has 100 valence electrons. The van der Waals surface area contributed by atoms with Crippen molar-refractivity contribution >= 4 is 29.2 Å². The molecule has 1 aromatic heterocycles. The van der Waals surface area contributed by atoms with Crippen LogP contribution >= 0.6 is 23.4 Å². The van der Waals surface area contributed by atoms with E-state index in [-0.39, 0.29) is 0 Å². The number of hydrogen-bond donors (Lipinski definition) is 1. The zero-order valence-corrected chi connectivity index (χ0v) is 12.0. The zero-order chi connectivity index (χ0) is 13.7. The third kappa shape index (κ3) is 4.38.